The lowest BCUT2D eigenvalue weighted by atomic mass is 10.1. The number of nitrogens with one attached hydrogen (secondary N) is 3. The number of carbonyl (C=O) groups excluding carboxylic acids is 5. The summed E-state index contributed by atoms with van der Waals surface area (Å²) in [6, 6.07) is 4.26. The normalized spacial score (nSPS) is 24.2. The van der Waals surface area contributed by atoms with Gasteiger partial charge in [-0.3, -0.25) is 23.9 Å². The summed E-state index contributed by atoms with van der Waals surface area (Å²) < 4.78 is 67.3. The molecule has 1 saturated heterocycles. The van der Waals surface area contributed by atoms with Gasteiger partial charge in [0.15, 0.2) is 5.78 Å². The quantitative estimate of drug-likeness (QED) is 0.177. The van der Waals surface area contributed by atoms with Crippen LogP contribution in [0.25, 0.3) is 10.8 Å². The summed E-state index contributed by atoms with van der Waals surface area (Å²) >= 11 is 0. The third kappa shape index (κ3) is 9.56. The maximum atomic E-state index is 14.5. The molecule has 3 fully saturated rings. The number of carbonyl (C=O) groups is 5. The molecular formula is C38H49N5O10S. The fourth-order valence-corrected chi connectivity index (χ4v) is 7.77. The van der Waals surface area contributed by atoms with Gasteiger partial charge in [0.1, 0.15) is 35.1 Å². The molecular weight excluding hydrogens is 719 g/mol. The van der Waals surface area contributed by atoms with Gasteiger partial charge in [0.2, 0.25) is 27.7 Å². The van der Waals surface area contributed by atoms with Crippen molar-refractivity contribution in [2.75, 3.05) is 13.7 Å². The molecule has 3 aliphatic rings. The molecule has 2 saturated carbocycles. The zero-order valence-corrected chi connectivity index (χ0v) is 31.8. The molecule has 1 aliphatic heterocycles. The van der Waals surface area contributed by atoms with E-state index in [2.05, 4.69) is 26.9 Å². The van der Waals surface area contributed by atoms with Crippen molar-refractivity contribution < 1.29 is 50.7 Å². The molecule has 0 radical (unpaired) electrons. The van der Waals surface area contributed by atoms with Crippen molar-refractivity contribution in [1.29, 1.82) is 0 Å². The van der Waals surface area contributed by atoms with Crippen LogP contribution < -0.4 is 24.8 Å². The summed E-state index contributed by atoms with van der Waals surface area (Å²) in [5.74, 6) is -2.93. The van der Waals surface area contributed by atoms with Crippen molar-refractivity contribution in [2.45, 2.75) is 108 Å². The second kappa shape index (κ2) is 15.8. The van der Waals surface area contributed by atoms with E-state index in [4.69, 9.17) is 18.3 Å². The van der Waals surface area contributed by atoms with E-state index in [-0.39, 0.29) is 43.7 Å². The van der Waals surface area contributed by atoms with E-state index in [1.165, 1.54) is 31.2 Å². The molecule has 16 heteroatoms. The number of hydrogen-bond donors (Lipinski definition) is 3. The minimum absolute atomic E-state index is 0.0619. The Kier molecular flexibility index (Phi) is 10.5. The van der Waals surface area contributed by atoms with E-state index in [9.17, 15) is 32.4 Å². The van der Waals surface area contributed by atoms with Crippen molar-refractivity contribution in [2.24, 2.45) is 5.92 Å². The number of sulfonamides is 1. The molecule has 2 aliphatic carbocycles. The maximum absolute atomic E-state index is 14.5. The van der Waals surface area contributed by atoms with Crippen LogP contribution in [0.15, 0.2) is 54.8 Å². The summed E-state index contributed by atoms with van der Waals surface area (Å²) in [6.45, 7) is 7.15. The summed E-state index contributed by atoms with van der Waals surface area (Å²) in [4.78, 5) is 73.8. The molecule has 0 spiro atoms. The Hall–Kier alpha value is -4.99. The second-order valence-corrected chi connectivity index (χ2v) is 16.9. The SMILES string of the molecule is [2H]C([2H])([2H])/C(C)=C\C(=O)CC[C@H](NC(=O)OC(C)(C)C)C(=O)N1C[C@H](Oc2nccc3cc(OC)ccc23)C[C@H]1C(=O)N[C@]1(C(=O)NS(=O)(=O)C2CC2)C[C@H]1C=C. The number of fused-ring (bicyclic) bond motifs is 1. The van der Waals surface area contributed by atoms with Gasteiger partial charge in [0, 0.05) is 34.5 Å². The predicted molar refractivity (Wildman–Crippen MR) is 199 cm³/mol. The lowest BCUT2D eigenvalue weighted by Gasteiger charge is -2.30. The van der Waals surface area contributed by atoms with Gasteiger partial charge in [-0.2, -0.15) is 0 Å². The van der Waals surface area contributed by atoms with E-state index >= 15 is 0 Å². The van der Waals surface area contributed by atoms with Crippen molar-refractivity contribution in [3.8, 4) is 11.6 Å². The number of nitrogens with zero attached hydrogens (tertiary/aromatic N) is 2. The van der Waals surface area contributed by atoms with Crippen LogP contribution in [0.4, 0.5) is 4.79 Å². The van der Waals surface area contributed by atoms with Crippen LogP contribution in [0, 0.1) is 5.92 Å². The van der Waals surface area contributed by atoms with Gasteiger partial charge < -0.3 is 29.7 Å². The van der Waals surface area contributed by atoms with Crippen molar-refractivity contribution in [3.05, 3.63) is 54.8 Å². The number of hydrogen-bond acceptors (Lipinski definition) is 11. The number of aromatic nitrogens is 1. The first-order chi connectivity index (χ1) is 26.6. The van der Waals surface area contributed by atoms with Crippen molar-refractivity contribution >= 4 is 50.4 Å². The highest BCUT2D eigenvalue weighted by Gasteiger charge is 2.62. The highest BCUT2D eigenvalue weighted by atomic mass is 32.2. The Labute approximate surface area is 319 Å². The Bertz CT molecular complexity index is 2080. The lowest BCUT2D eigenvalue weighted by molar-refractivity contribution is -0.141. The highest BCUT2D eigenvalue weighted by molar-refractivity contribution is 7.91. The van der Waals surface area contributed by atoms with Gasteiger partial charge in [-0.15, -0.1) is 6.58 Å². The minimum atomic E-state index is -3.97. The zero-order valence-electron chi connectivity index (χ0n) is 34.0. The van der Waals surface area contributed by atoms with Gasteiger partial charge in [-0.05, 0) is 96.0 Å². The number of benzene rings is 1. The number of ether oxygens (including phenoxy) is 3. The minimum Gasteiger partial charge on any atom is -0.497 e. The molecule has 5 atom stereocenters. The Morgan fingerprint density at radius 2 is 1.93 bits per heavy atom. The Balaban J connectivity index is 1.46. The Morgan fingerprint density at radius 1 is 1.19 bits per heavy atom. The number of allylic oxidation sites excluding steroid dienone is 2. The van der Waals surface area contributed by atoms with Crippen molar-refractivity contribution in [1.82, 2.24) is 25.2 Å². The number of amides is 4. The second-order valence-electron chi connectivity index (χ2n) is 14.9. The summed E-state index contributed by atoms with van der Waals surface area (Å²) in [5.41, 5.74) is -2.78. The van der Waals surface area contributed by atoms with Gasteiger partial charge >= 0.3 is 6.09 Å². The first-order valence-electron chi connectivity index (χ1n) is 19.2. The Morgan fingerprint density at radius 3 is 2.56 bits per heavy atom. The largest absolute Gasteiger partial charge is 0.497 e. The molecule has 54 heavy (non-hydrogen) atoms. The molecule has 5 rings (SSSR count). The van der Waals surface area contributed by atoms with Crippen molar-refractivity contribution in [3.63, 3.8) is 0 Å². The molecule has 292 valence electrons. The van der Waals surface area contributed by atoms with E-state index in [1.807, 2.05) is 0 Å². The zero-order chi connectivity index (χ0) is 42.1. The number of likely N-dealkylation sites (tertiary alicyclic amines) is 1. The monoisotopic (exact) mass is 770 g/mol. The van der Waals surface area contributed by atoms with Crippen LogP contribution in [-0.4, -0.2) is 96.1 Å². The number of pyridine rings is 1. The van der Waals surface area contributed by atoms with Crippen LogP contribution in [0.5, 0.6) is 11.6 Å². The molecule has 2 aromatic rings. The summed E-state index contributed by atoms with van der Waals surface area (Å²) in [6.07, 6.45) is 2.21. The average molecular weight is 771 g/mol. The van der Waals surface area contributed by atoms with Gasteiger partial charge in [-0.25, -0.2) is 18.2 Å². The molecule has 0 bridgehead atoms. The van der Waals surface area contributed by atoms with Crippen LogP contribution in [0.1, 0.15) is 77.2 Å². The number of rotatable bonds is 15. The van der Waals surface area contributed by atoms with E-state index in [1.54, 1.807) is 45.0 Å². The third-order valence-corrected chi connectivity index (χ3v) is 11.2. The molecule has 3 N–H and O–H groups in total. The number of ketones is 1. The van der Waals surface area contributed by atoms with Gasteiger partial charge in [-0.1, -0.05) is 11.6 Å². The number of alkyl carbamates (subject to hydrolysis) is 1. The standard InChI is InChI=1S/C38H49N5O10S/c1-8-24-20-38(24,35(47)42-54(49,50)28-11-12-28)41-32(45)31-19-27(52-33-29-13-10-26(51-7)18-23(29)15-16-39-33)21-43(31)34(46)30(14-9-25(44)17-22(2)3)40-36(48)53-37(4,5)6/h8,10,13,15-18,24,27-28,30-31H,1,9,11-12,14,19-21H2,2-7H3,(H,40,48)(H,41,45)(H,42,47)/t24-,27-,30+,31+,38-/m1/s1/i2D3/b22-17+. The van der Waals surface area contributed by atoms with Crippen LogP contribution in [-0.2, 0) is 33.9 Å². The van der Waals surface area contributed by atoms with E-state index in [0.717, 1.165) is 11.5 Å². The van der Waals surface area contributed by atoms with E-state index < -0.39 is 87.0 Å². The molecule has 0 unspecified atom stereocenters. The first-order valence-corrected chi connectivity index (χ1v) is 19.2. The third-order valence-electron chi connectivity index (χ3n) is 9.36. The molecule has 1 aromatic heterocycles. The molecule has 15 nitrogen and oxygen atoms in total. The highest BCUT2D eigenvalue weighted by Crippen LogP contribution is 2.45. The van der Waals surface area contributed by atoms with E-state index in [0.29, 0.717) is 24.0 Å². The average Bonchev–Trinajstić information content (AvgIpc) is 4.05. The molecule has 1 aromatic carbocycles. The van der Waals surface area contributed by atoms with Gasteiger partial charge in [0.05, 0.1) is 18.9 Å². The number of methoxy groups -OCH3 is 1. The summed E-state index contributed by atoms with van der Waals surface area (Å²) in [5, 5.41) is 5.88. The fourth-order valence-electron chi connectivity index (χ4n) is 6.41. The first kappa shape index (κ1) is 36.0. The molecule has 2 heterocycles. The maximum Gasteiger partial charge on any atom is 0.408 e. The van der Waals surface area contributed by atoms with Crippen LogP contribution >= 0.6 is 0 Å². The smallest absolute Gasteiger partial charge is 0.408 e. The topological polar surface area (TPSA) is 199 Å². The lowest BCUT2D eigenvalue weighted by Crippen LogP contribution is -2.58. The summed E-state index contributed by atoms with van der Waals surface area (Å²) in [7, 11) is -2.44. The molecule has 4 amide bonds. The van der Waals surface area contributed by atoms with Gasteiger partial charge in [0.25, 0.3) is 5.91 Å². The predicted octanol–water partition coefficient (Wildman–Crippen LogP) is 3.47. The van der Waals surface area contributed by atoms with Crippen LogP contribution in [0.2, 0.25) is 0 Å². The van der Waals surface area contributed by atoms with Crippen LogP contribution in [0.3, 0.4) is 0 Å². The fraction of sp³-hybridized carbons (Fsp3) is 0.526.